The van der Waals surface area contributed by atoms with E-state index in [1.165, 1.54) is 6.92 Å². The Morgan fingerprint density at radius 1 is 1.27 bits per heavy atom. The van der Waals surface area contributed by atoms with E-state index < -0.39 is 5.60 Å². The first-order valence-corrected chi connectivity index (χ1v) is 10.4. The second-order valence-corrected chi connectivity index (χ2v) is 8.88. The van der Waals surface area contributed by atoms with E-state index in [4.69, 9.17) is 22.9 Å². The number of aromatic nitrogens is 2. The molecule has 3 rings (SSSR count). The Kier molecular flexibility index (Phi) is 6.36. The lowest BCUT2D eigenvalue weighted by atomic mass is 10.0. The van der Waals surface area contributed by atoms with Crippen LogP contribution in [0.4, 0.5) is 10.6 Å². The monoisotopic (exact) mass is 434 g/mol. The molecular formula is C20H27ClN6O3. The molecule has 0 radical (unpaired) electrons. The van der Waals surface area contributed by atoms with Crippen LogP contribution in [-0.2, 0) is 22.5 Å². The molecule has 1 atom stereocenters. The van der Waals surface area contributed by atoms with Gasteiger partial charge in [-0.1, -0.05) is 0 Å². The fourth-order valence-electron chi connectivity index (χ4n) is 3.85. The Labute approximate surface area is 181 Å². The molecule has 162 valence electrons. The van der Waals surface area contributed by atoms with Crippen molar-refractivity contribution in [3.05, 3.63) is 28.0 Å². The summed E-state index contributed by atoms with van der Waals surface area (Å²) in [6, 6.07) is -0.194. The van der Waals surface area contributed by atoms with Crippen molar-refractivity contribution in [1.29, 1.82) is 0 Å². The smallest absolute Gasteiger partial charge is 0.410 e. The fourth-order valence-corrected chi connectivity index (χ4v) is 4.03. The number of anilines is 1. The van der Waals surface area contributed by atoms with Crippen molar-refractivity contribution in [2.24, 2.45) is 0 Å². The van der Waals surface area contributed by atoms with Gasteiger partial charge in [-0.3, -0.25) is 4.79 Å². The van der Waals surface area contributed by atoms with Crippen LogP contribution >= 0.6 is 11.6 Å². The van der Waals surface area contributed by atoms with E-state index in [0.717, 1.165) is 11.4 Å². The van der Waals surface area contributed by atoms with Gasteiger partial charge < -0.3 is 24.3 Å². The molecule has 2 amide bonds. The van der Waals surface area contributed by atoms with Crippen molar-refractivity contribution in [3.8, 4) is 0 Å². The molecule has 3 heterocycles. The number of carbonyl (C=O) groups excluding carboxylic acids is 2. The molecule has 0 bridgehead atoms. The second-order valence-electron chi connectivity index (χ2n) is 8.55. The summed E-state index contributed by atoms with van der Waals surface area (Å²) in [6.07, 6.45) is 0.207. The summed E-state index contributed by atoms with van der Waals surface area (Å²) in [5.41, 5.74) is 1.09. The highest BCUT2D eigenvalue weighted by molar-refractivity contribution is 6.28. The molecule has 0 spiro atoms. The minimum Gasteiger partial charge on any atom is -0.444 e. The third-order valence-electron chi connectivity index (χ3n) is 5.16. The van der Waals surface area contributed by atoms with Gasteiger partial charge in [0.15, 0.2) is 0 Å². The standard InChI is InChI=1S/C20H27ClN6O3/c1-13(28)27-9-8-25(11-14(27)10-22-5)17-15-6-7-26(19(29)30-20(2,3)4)12-16(15)23-18(21)24-17/h14H,6-12H2,1-4H3/t14-/m0/s1. The number of ether oxygens (including phenoxy) is 1. The molecule has 0 saturated carbocycles. The van der Waals surface area contributed by atoms with Gasteiger partial charge in [-0.25, -0.2) is 21.3 Å². The molecular weight excluding hydrogens is 408 g/mol. The van der Waals surface area contributed by atoms with E-state index in [1.807, 2.05) is 20.8 Å². The first kappa shape index (κ1) is 22.1. The zero-order chi connectivity index (χ0) is 22.1. The Morgan fingerprint density at radius 3 is 2.63 bits per heavy atom. The van der Waals surface area contributed by atoms with Crippen LogP contribution in [0.2, 0.25) is 5.28 Å². The van der Waals surface area contributed by atoms with Crippen LogP contribution in [0.1, 0.15) is 39.0 Å². The van der Waals surface area contributed by atoms with E-state index in [-0.39, 0.29) is 29.9 Å². The van der Waals surface area contributed by atoms with Crippen LogP contribution in [0, 0.1) is 6.57 Å². The van der Waals surface area contributed by atoms with Crippen LogP contribution < -0.4 is 4.90 Å². The summed E-state index contributed by atoms with van der Waals surface area (Å²) in [4.78, 5) is 42.1. The molecule has 9 nitrogen and oxygen atoms in total. The molecule has 0 unspecified atom stereocenters. The van der Waals surface area contributed by atoms with E-state index >= 15 is 0 Å². The van der Waals surface area contributed by atoms with Crippen molar-refractivity contribution < 1.29 is 14.3 Å². The van der Waals surface area contributed by atoms with Gasteiger partial charge in [-0.15, -0.1) is 0 Å². The third-order valence-corrected chi connectivity index (χ3v) is 5.33. The Balaban J connectivity index is 1.83. The van der Waals surface area contributed by atoms with Crippen molar-refractivity contribution >= 4 is 29.4 Å². The van der Waals surface area contributed by atoms with Gasteiger partial charge >= 0.3 is 6.09 Å². The Bertz CT molecular complexity index is 879. The largest absolute Gasteiger partial charge is 0.444 e. The first-order chi connectivity index (χ1) is 14.1. The van der Waals surface area contributed by atoms with Crippen LogP contribution in [0.5, 0.6) is 0 Å². The molecule has 0 aliphatic carbocycles. The molecule has 10 heteroatoms. The number of nitrogens with zero attached hydrogens (tertiary/aromatic N) is 6. The highest BCUT2D eigenvalue weighted by Gasteiger charge is 2.35. The minimum absolute atomic E-state index is 0.0287. The van der Waals surface area contributed by atoms with Gasteiger partial charge in [0.1, 0.15) is 17.5 Å². The van der Waals surface area contributed by atoms with Crippen LogP contribution in [-0.4, -0.2) is 76.1 Å². The van der Waals surface area contributed by atoms with Gasteiger partial charge in [0.05, 0.1) is 12.2 Å². The van der Waals surface area contributed by atoms with Gasteiger partial charge in [0.2, 0.25) is 17.7 Å². The number of halogens is 1. The number of piperazine rings is 1. The Morgan fingerprint density at radius 2 is 2.00 bits per heavy atom. The van der Waals surface area contributed by atoms with Crippen molar-refractivity contribution in [3.63, 3.8) is 0 Å². The minimum atomic E-state index is -0.569. The Hall–Kier alpha value is -2.60. The highest BCUT2D eigenvalue weighted by atomic mass is 35.5. The molecule has 0 N–H and O–H groups in total. The third kappa shape index (κ3) is 4.93. The number of hydrogen-bond acceptors (Lipinski definition) is 6. The summed E-state index contributed by atoms with van der Waals surface area (Å²) >= 11 is 6.21. The number of rotatable bonds is 2. The van der Waals surface area contributed by atoms with Crippen molar-refractivity contribution in [1.82, 2.24) is 19.8 Å². The number of carbonyl (C=O) groups is 2. The second kappa shape index (κ2) is 8.64. The quantitative estimate of drug-likeness (QED) is 0.525. The van der Waals surface area contributed by atoms with Crippen LogP contribution in [0.15, 0.2) is 0 Å². The van der Waals surface area contributed by atoms with E-state index in [2.05, 4.69) is 19.7 Å². The van der Waals surface area contributed by atoms with Crippen LogP contribution in [0.3, 0.4) is 0 Å². The van der Waals surface area contributed by atoms with E-state index in [1.54, 1.807) is 9.80 Å². The maximum Gasteiger partial charge on any atom is 0.410 e. The highest BCUT2D eigenvalue weighted by Crippen LogP contribution is 2.30. The number of hydrogen-bond donors (Lipinski definition) is 0. The fraction of sp³-hybridized carbons (Fsp3) is 0.650. The lowest BCUT2D eigenvalue weighted by Crippen LogP contribution is -2.56. The molecule has 30 heavy (non-hydrogen) atoms. The van der Waals surface area contributed by atoms with Crippen molar-refractivity contribution in [2.75, 3.05) is 37.6 Å². The maximum absolute atomic E-state index is 12.5. The zero-order valence-electron chi connectivity index (χ0n) is 17.8. The molecule has 2 aliphatic rings. The van der Waals surface area contributed by atoms with Crippen LogP contribution in [0.25, 0.3) is 4.85 Å². The summed E-state index contributed by atoms with van der Waals surface area (Å²) in [5.74, 6) is 0.700. The summed E-state index contributed by atoms with van der Waals surface area (Å²) in [5, 5.41) is 0.116. The average molecular weight is 435 g/mol. The summed E-state index contributed by atoms with van der Waals surface area (Å²) < 4.78 is 5.48. The molecule has 0 aromatic carbocycles. The van der Waals surface area contributed by atoms with E-state index in [0.29, 0.717) is 44.8 Å². The molecule has 1 fully saturated rings. The van der Waals surface area contributed by atoms with Crippen molar-refractivity contribution in [2.45, 2.75) is 52.3 Å². The predicted molar refractivity (Wildman–Crippen MR) is 112 cm³/mol. The average Bonchev–Trinajstić information content (AvgIpc) is 2.65. The maximum atomic E-state index is 12.5. The SMILES string of the molecule is [C-]#[N+]C[C@H]1CN(c2nc(Cl)nc3c2CCN(C(=O)OC(C)(C)C)C3)CCN1C(C)=O. The number of fused-ring (bicyclic) bond motifs is 1. The lowest BCUT2D eigenvalue weighted by Gasteiger charge is -2.40. The molecule has 1 aromatic rings. The topological polar surface area (TPSA) is 83.2 Å². The zero-order valence-corrected chi connectivity index (χ0v) is 18.6. The summed E-state index contributed by atoms with van der Waals surface area (Å²) in [7, 11) is 0. The summed E-state index contributed by atoms with van der Waals surface area (Å²) in [6.45, 7) is 16.9. The van der Waals surface area contributed by atoms with Gasteiger partial charge in [0, 0.05) is 38.7 Å². The molecule has 2 aliphatic heterocycles. The van der Waals surface area contributed by atoms with Gasteiger partial charge in [-0.2, -0.15) is 0 Å². The lowest BCUT2D eigenvalue weighted by molar-refractivity contribution is -0.131. The predicted octanol–water partition coefficient (Wildman–Crippen LogP) is 2.38. The van der Waals surface area contributed by atoms with E-state index in [9.17, 15) is 9.59 Å². The van der Waals surface area contributed by atoms with Gasteiger partial charge in [0.25, 0.3) is 0 Å². The first-order valence-electron chi connectivity index (χ1n) is 9.97. The normalized spacial score (nSPS) is 19.2. The van der Waals surface area contributed by atoms with Gasteiger partial charge in [-0.05, 0) is 38.8 Å². The number of amides is 2. The molecule has 1 saturated heterocycles. The molecule has 1 aromatic heterocycles.